The van der Waals surface area contributed by atoms with Crippen molar-refractivity contribution >= 4 is 11.8 Å². The summed E-state index contributed by atoms with van der Waals surface area (Å²) in [5.41, 5.74) is 0.709. The lowest BCUT2D eigenvalue weighted by Crippen LogP contribution is -2.52. The monoisotopic (exact) mass is 423 g/mol. The molecule has 1 fully saturated rings. The van der Waals surface area contributed by atoms with Gasteiger partial charge in [-0.1, -0.05) is 30.3 Å². The summed E-state index contributed by atoms with van der Waals surface area (Å²) in [5.74, 6) is 1.60. The molecule has 2 aliphatic heterocycles. The van der Waals surface area contributed by atoms with Gasteiger partial charge in [0.05, 0.1) is 13.1 Å². The van der Waals surface area contributed by atoms with Gasteiger partial charge in [-0.05, 0) is 31.2 Å². The Labute approximate surface area is 183 Å². The number of hydrogen-bond acceptors (Lipinski definition) is 5. The smallest absolute Gasteiger partial charge is 0.253 e. The Morgan fingerprint density at radius 2 is 1.65 bits per heavy atom. The Kier molecular flexibility index (Phi) is 6.72. The fourth-order valence-corrected chi connectivity index (χ4v) is 3.97. The number of para-hydroxylation sites is 2. The van der Waals surface area contributed by atoms with Crippen molar-refractivity contribution in [2.24, 2.45) is 0 Å². The number of ether oxygens (including phenoxy) is 2. The highest BCUT2D eigenvalue weighted by Crippen LogP contribution is 2.31. The molecular weight excluding hydrogens is 394 g/mol. The number of amides is 2. The van der Waals surface area contributed by atoms with Crippen molar-refractivity contribution in [3.05, 3.63) is 60.2 Å². The molecule has 7 heteroatoms. The maximum absolute atomic E-state index is 12.9. The second kappa shape index (κ2) is 9.83. The van der Waals surface area contributed by atoms with Crippen molar-refractivity contribution in [3.63, 3.8) is 0 Å². The molecule has 2 aromatic carbocycles. The molecule has 0 unspecified atom stereocenters. The second-order valence-corrected chi connectivity index (χ2v) is 7.86. The van der Waals surface area contributed by atoms with E-state index < -0.39 is 0 Å². The van der Waals surface area contributed by atoms with Crippen LogP contribution in [-0.4, -0.2) is 85.0 Å². The quantitative estimate of drug-likeness (QED) is 0.712. The third kappa shape index (κ3) is 5.17. The van der Waals surface area contributed by atoms with Crippen LogP contribution < -0.4 is 9.47 Å². The maximum atomic E-state index is 12.9. The normalized spacial score (nSPS) is 18.5. The SMILES string of the molecule is CCN(C[C@@H]1COc2ccccc2O1)C(=O)CN1CCN(C(=O)c2ccccc2)CC1. The number of hydrogen-bond donors (Lipinski definition) is 0. The van der Waals surface area contributed by atoms with Gasteiger partial charge in [0, 0.05) is 38.3 Å². The highest BCUT2D eigenvalue weighted by molar-refractivity contribution is 5.94. The van der Waals surface area contributed by atoms with Crippen molar-refractivity contribution in [1.82, 2.24) is 14.7 Å². The molecule has 0 spiro atoms. The summed E-state index contributed by atoms with van der Waals surface area (Å²) in [7, 11) is 0. The van der Waals surface area contributed by atoms with Crippen LogP contribution in [0.15, 0.2) is 54.6 Å². The summed E-state index contributed by atoms with van der Waals surface area (Å²) in [4.78, 5) is 31.3. The Bertz CT molecular complexity index is 897. The van der Waals surface area contributed by atoms with Crippen molar-refractivity contribution in [2.75, 3.05) is 52.4 Å². The summed E-state index contributed by atoms with van der Waals surface area (Å²) in [6.07, 6.45) is -0.181. The summed E-state index contributed by atoms with van der Waals surface area (Å²) < 4.78 is 11.8. The maximum Gasteiger partial charge on any atom is 0.253 e. The van der Waals surface area contributed by atoms with Gasteiger partial charge in [-0.25, -0.2) is 0 Å². The molecule has 0 aliphatic carbocycles. The molecule has 0 N–H and O–H groups in total. The first kappa shape index (κ1) is 21.2. The summed E-state index contributed by atoms with van der Waals surface area (Å²) >= 11 is 0. The largest absolute Gasteiger partial charge is 0.486 e. The van der Waals surface area contributed by atoms with Gasteiger partial charge in [-0.2, -0.15) is 0 Å². The number of rotatable bonds is 6. The van der Waals surface area contributed by atoms with E-state index in [1.165, 1.54) is 0 Å². The van der Waals surface area contributed by atoms with Crippen LogP contribution >= 0.6 is 0 Å². The summed E-state index contributed by atoms with van der Waals surface area (Å²) in [5, 5.41) is 0. The number of benzene rings is 2. The van der Waals surface area contributed by atoms with Gasteiger partial charge in [-0.3, -0.25) is 14.5 Å². The first-order valence-corrected chi connectivity index (χ1v) is 10.9. The first-order valence-electron chi connectivity index (χ1n) is 10.9. The zero-order valence-corrected chi connectivity index (χ0v) is 17.9. The third-order valence-electron chi connectivity index (χ3n) is 5.77. The molecule has 2 amide bonds. The minimum absolute atomic E-state index is 0.0523. The van der Waals surface area contributed by atoms with Crippen LogP contribution in [0.3, 0.4) is 0 Å². The Morgan fingerprint density at radius 3 is 2.35 bits per heavy atom. The zero-order valence-electron chi connectivity index (χ0n) is 17.9. The molecule has 0 aromatic heterocycles. The molecule has 0 bridgehead atoms. The van der Waals surface area contributed by atoms with Gasteiger partial charge in [-0.15, -0.1) is 0 Å². The fraction of sp³-hybridized carbons (Fsp3) is 0.417. The molecule has 2 heterocycles. The number of carbonyl (C=O) groups is 2. The van der Waals surface area contributed by atoms with Crippen LogP contribution in [0.5, 0.6) is 11.5 Å². The van der Waals surface area contributed by atoms with E-state index in [1.54, 1.807) is 0 Å². The minimum atomic E-state index is -0.181. The highest BCUT2D eigenvalue weighted by Gasteiger charge is 2.27. The van der Waals surface area contributed by atoms with Crippen LogP contribution in [0.25, 0.3) is 0 Å². The van der Waals surface area contributed by atoms with Crippen molar-refractivity contribution in [1.29, 1.82) is 0 Å². The average molecular weight is 424 g/mol. The van der Waals surface area contributed by atoms with Crippen molar-refractivity contribution in [3.8, 4) is 11.5 Å². The molecule has 31 heavy (non-hydrogen) atoms. The van der Waals surface area contributed by atoms with Crippen LogP contribution in [-0.2, 0) is 4.79 Å². The topological polar surface area (TPSA) is 62.3 Å². The first-order chi connectivity index (χ1) is 15.1. The van der Waals surface area contributed by atoms with Crippen LogP contribution in [0.2, 0.25) is 0 Å². The number of likely N-dealkylation sites (N-methyl/N-ethyl adjacent to an activating group) is 1. The van der Waals surface area contributed by atoms with Crippen LogP contribution in [0.1, 0.15) is 17.3 Å². The molecule has 4 rings (SSSR count). The van der Waals surface area contributed by atoms with E-state index in [2.05, 4.69) is 4.90 Å². The Balaban J connectivity index is 1.25. The molecule has 0 saturated carbocycles. The summed E-state index contributed by atoms with van der Waals surface area (Å²) in [6, 6.07) is 16.9. The molecule has 1 atom stereocenters. The average Bonchev–Trinajstić information content (AvgIpc) is 2.83. The molecule has 164 valence electrons. The van der Waals surface area contributed by atoms with Crippen molar-refractivity contribution in [2.45, 2.75) is 13.0 Å². The lowest BCUT2D eigenvalue weighted by Gasteiger charge is -2.36. The predicted octanol–water partition coefficient (Wildman–Crippen LogP) is 2.13. The lowest BCUT2D eigenvalue weighted by molar-refractivity contribution is -0.134. The van der Waals surface area contributed by atoms with Crippen LogP contribution in [0, 0.1) is 0 Å². The zero-order chi connectivity index (χ0) is 21.6. The number of carbonyl (C=O) groups excluding carboxylic acids is 2. The highest BCUT2D eigenvalue weighted by atomic mass is 16.6. The number of fused-ring (bicyclic) bond motifs is 1. The molecule has 0 radical (unpaired) electrons. The number of piperazine rings is 1. The molecular formula is C24H29N3O4. The Hall–Kier alpha value is -3.06. The fourth-order valence-electron chi connectivity index (χ4n) is 3.97. The second-order valence-electron chi connectivity index (χ2n) is 7.86. The standard InChI is InChI=1S/C24H29N3O4/c1-2-26(16-20-18-30-21-10-6-7-11-22(21)31-20)23(28)17-25-12-14-27(15-13-25)24(29)19-8-4-3-5-9-19/h3-11,20H,2,12-18H2,1H3/t20-/m1/s1. The van der Waals surface area contributed by atoms with E-state index in [0.717, 1.165) is 11.5 Å². The van der Waals surface area contributed by atoms with E-state index in [1.807, 2.05) is 71.3 Å². The minimum Gasteiger partial charge on any atom is -0.486 e. The molecule has 2 aromatic rings. The molecule has 1 saturated heterocycles. The van der Waals surface area contributed by atoms with Gasteiger partial charge in [0.2, 0.25) is 5.91 Å². The van der Waals surface area contributed by atoms with E-state index in [4.69, 9.17) is 9.47 Å². The predicted molar refractivity (Wildman–Crippen MR) is 117 cm³/mol. The van der Waals surface area contributed by atoms with E-state index in [0.29, 0.717) is 58.0 Å². The lowest BCUT2D eigenvalue weighted by atomic mass is 10.2. The van der Waals surface area contributed by atoms with Gasteiger partial charge in [0.1, 0.15) is 6.61 Å². The van der Waals surface area contributed by atoms with Gasteiger partial charge in [0.15, 0.2) is 17.6 Å². The Morgan fingerprint density at radius 1 is 0.968 bits per heavy atom. The van der Waals surface area contributed by atoms with E-state index >= 15 is 0 Å². The van der Waals surface area contributed by atoms with Gasteiger partial charge >= 0.3 is 0 Å². The van der Waals surface area contributed by atoms with Crippen molar-refractivity contribution < 1.29 is 19.1 Å². The van der Waals surface area contributed by atoms with E-state index in [-0.39, 0.29) is 17.9 Å². The van der Waals surface area contributed by atoms with E-state index in [9.17, 15) is 9.59 Å². The van der Waals surface area contributed by atoms with Crippen LogP contribution in [0.4, 0.5) is 0 Å². The summed E-state index contributed by atoms with van der Waals surface area (Å²) in [6.45, 7) is 6.52. The van der Waals surface area contributed by atoms with Gasteiger partial charge < -0.3 is 19.3 Å². The molecule has 7 nitrogen and oxygen atoms in total. The third-order valence-corrected chi connectivity index (χ3v) is 5.77. The molecule has 2 aliphatic rings. The number of nitrogens with zero attached hydrogens (tertiary/aromatic N) is 3. The van der Waals surface area contributed by atoms with Gasteiger partial charge in [0.25, 0.3) is 5.91 Å².